The predicted octanol–water partition coefficient (Wildman–Crippen LogP) is 6.05. The third kappa shape index (κ3) is 3.03. The number of aromatic nitrogens is 4. The van der Waals surface area contributed by atoms with E-state index in [-0.39, 0.29) is 0 Å². The molecule has 6 heteroatoms. The number of ether oxygens (including phenoxy) is 2. The molecule has 0 atom stereocenters. The Morgan fingerprint density at radius 1 is 0.879 bits per heavy atom. The number of benzene rings is 3. The first-order valence-electron chi connectivity index (χ1n) is 10.7. The van der Waals surface area contributed by atoms with Gasteiger partial charge in [-0.1, -0.05) is 6.07 Å². The van der Waals surface area contributed by atoms with E-state index in [2.05, 4.69) is 45.9 Å². The van der Waals surface area contributed by atoms with Crippen LogP contribution in [0.15, 0.2) is 73.1 Å². The molecule has 0 radical (unpaired) electrons. The molecule has 3 aromatic heterocycles. The fourth-order valence-corrected chi connectivity index (χ4v) is 4.56. The van der Waals surface area contributed by atoms with E-state index in [0.29, 0.717) is 0 Å². The van der Waals surface area contributed by atoms with Gasteiger partial charge in [-0.3, -0.25) is 9.55 Å². The number of hydrogen-bond donors (Lipinski definition) is 1. The molecule has 0 unspecified atom stereocenters. The van der Waals surface area contributed by atoms with Gasteiger partial charge in [0, 0.05) is 28.4 Å². The van der Waals surface area contributed by atoms with Gasteiger partial charge in [0.05, 0.1) is 31.4 Å². The number of H-pyrrole nitrogens is 1. The fourth-order valence-electron chi connectivity index (χ4n) is 4.56. The highest BCUT2D eigenvalue weighted by Gasteiger charge is 2.17. The lowest BCUT2D eigenvalue weighted by molar-refractivity contribution is 0.414. The molecule has 3 heterocycles. The van der Waals surface area contributed by atoms with Crippen molar-refractivity contribution in [3.05, 3.63) is 78.9 Å². The molecular formula is C27H22N4O2. The number of hydrogen-bond acceptors (Lipinski definition) is 4. The van der Waals surface area contributed by atoms with Crippen LogP contribution in [0.5, 0.6) is 11.5 Å². The van der Waals surface area contributed by atoms with E-state index in [4.69, 9.17) is 19.4 Å². The summed E-state index contributed by atoms with van der Waals surface area (Å²) < 4.78 is 13.3. The average Bonchev–Trinajstić information content (AvgIpc) is 3.46. The molecule has 0 amide bonds. The number of aryl methyl sites for hydroxylation is 1. The smallest absolute Gasteiger partial charge is 0.127 e. The van der Waals surface area contributed by atoms with Gasteiger partial charge in [0.1, 0.15) is 22.8 Å². The van der Waals surface area contributed by atoms with E-state index in [1.165, 1.54) is 0 Å². The standard InChI is InChI=1S/C27H22N4O2/c1-16-30-25-15-29-24-13-21(17-4-9-23-18(12-17)10-11-28-23)26(33-3)14-22(24)27(25)31(16)19-5-7-20(32-2)8-6-19/h4-15,28H,1-3H3. The maximum absolute atomic E-state index is 5.85. The zero-order chi connectivity index (χ0) is 22.5. The third-order valence-electron chi connectivity index (χ3n) is 6.17. The molecular weight excluding hydrogens is 412 g/mol. The maximum Gasteiger partial charge on any atom is 0.127 e. The van der Waals surface area contributed by atoms with Crippen LogP contribution in [0, 0.1) is 6.92 Å². The second-order valence-electron chi connectivity index (χ2n) is 8.03. The Morgan fingerprint density at radius 2 is 1.73 bits per heavy atom. The minimum atomic E-state index is 0.798. The van der Waals surface area contributed by atoms with Gasteiger partial charge >= 0.3 is 0 Å². The molecule has 6 rings (SSSR count). The Morgan fingerprint density at radius 3 is 2.52 bits per heavy atom. The molecule has 0 spiro atoms. The summed E-state index contributed by atoms with van der Waals surface area (Å²) in [4.78, 5) is 12.8. The Labute approximate surface area is 190 Å². The third-order valence-corrected chi connectivity index (χ3v) is 6.17. The van der Waals surface area contributed by atoms with E-state index in [1.54, 1.807) is 14.2 Å². The second-order valence-corrected chi connectivity index (χ2v) is 8.03. The van der Waals surface area contributed by atoms with Gasteiger partial charge < -0.3 is 14.5 Å². The summed E-state index contributed by atoms with van der Waals surface area (Å²) in [6.45, 7) is 2.01. The Balaban J connectivity index is 1.61. The van der Waals surface area contributed by atoms with Crippen molar-refractivity contribution in [2.24, 2.45) is 0 Å². The molecule has 0 aliphatic rings. The zero-order valence-electron chi connectivity index (χ0n) is 18.6. The van der Waals surface area contributed by atoms with Crippen LogP contribution < -0.4 is 9.47 Å². The Hall–Kier alpha value is -4.32. The van der Waals surface area contributed by atoms with Crippen molar-refractivity contribution in [3.8, 4) is 28.3 Å². The van der Waals surface area contributed by atoms with Crippen LogP contribution >= 0.6 is 0 Å². The SMILES string of the molecule is COc1ccc(-n2c(C)nc3cnc4cc(-c5ccc6[nH]ccc6c5)c(OC)cc4c32)cc1. The van der Waals surface area contributed by atoms with Crippen molar-refractivity contribution in [3.63, 3.8) is 0 Å². The second kappa shape index (κ2) is 7.38. The summed E-state index contributed by atoms with van der Waals surface area (Å²) in [5.74, 6) is 2.51. The van der Waals surface area contributed by atoms with Crippen molar-refractivity contribution in [2.45, 2.75) is 6.92 Å². The first-order chi connectivity index (χ1) is 16.2. The summed E-state index contributed by atoms with van der Waals surface area (Å²) in [7, 11) is 3.38. The molecule has 0 bridgehead atoms. The number of imidazole rings is 1. The number of fused-ring (bicyclic) bond motifs is 4. The van der Waals surface area contributed by atoms with Gasteiger partial charge in [0.2, 0.25) is 0 Å². The highest BCUT2D eigenvalue weighted by Crippen LogP contribution is 2.38. The summed E-state index contributed by atoms with van der Waals surface area (Å²) in [5, 5.41) is 2.15. The minimum absolute atomic E-state index is 0.798. The monoisotopic (exact) mass is 434 g/mol. The van der Waals surface area contributed by atoms with Crippen LogP contribution in [0.1, 0.15) is 5.82 Å². The van der Waals surface area contributed by atoms with Crippen LogP contribution in [0.4, 0.5) is 0 Å². The maximum atomic E-state index is 5.85. The van der Waals surface area contributed by atoms with E-state index >= 15 is 0 Å². The fraction of sp³-hybridized carbons (Fsp3) is 0.111. The number of rotatable bonds is 4. The molecule has 33 heavy (non-hydrogen) atoms. The summed E-state index contributed by atoms with van der Waals surface area (Å²) >= 11 is 0. The molecule has 0 aliphatic carbocycles. The quantitative estimate of drug-likeness (QED) is 0.367. The number of nitrogens with zero attached hydrogens (tertiary/aromatic N) is 3. The van der Waals surface area contributed by atoms with Crippen molar-refractivity contribution in [1.29, 1.82) is 0 Å². The van der Waals surface area contributed by atoms with E-state index in [9.17, 15) is 0 Å². The normalized spacial score (nSPS) is 11.5. The highest BCUT2D eigenvalue weighted by molar-refractivity contribution is 6.05. The molecule has 6 nitrogen and oxygen atoms in total. The van der Waals surface area contributed by atoms with E-state index in [0.717, 1.165) is 67.0 Å². The molecule has 0 aliphatic heterocycles. The van der Waals surface area contributed by atoms with Crippen LogP contribution in [0.2, 0.25) is 0 Å². The minimum Gasteiger partial charge on any atom is -0.497 e. The van der Waals surface area contributed by atoms with Crippen LogP contribution in [-0.2, 0) is 0 Å². The van der Waals surface area contributed by atoms with E-state index in [1.807, 2.05) is 43.6 Å². The number of pyridine rings is 1. The van der Waals surface area contributed by atoms with Crippen molar-refractivity contribution < 1.29 is 9.47 Å². The number of nitrogens with one attached hydrogen (secondary N) is 1. The molecule has 6 aromatic rings. The first-order valence-corrected chi connectivity index (χ1v) is 10.7. The van der Waals surface area contributed by atoms with Crippen molar-refractivity contribution in [1.82, 2.24) is 19.5 Å². The van der Waals surface area contributed by atoms with E-state index < -0.39 is 0 Å². The molecule has 0 fully saturated rings. The molecule has 3 aromatic carbocycles. The number of methoxy groups -OCH3 is 2. The summed E-state index contributed by atoms with van der Waals surface area (Å²) in [6.07, 6.45) is 3.79. The van der Waals surface area contributed by atoms with Gasteiger partial charge in [-0.25, -0.2) is 4.98 Å². The van der Waals surface area contributed by atoms with Crippen LogP contribution in [0.3, 0.4) is 0 Å². The van der Waals surface area contributed by atoms with Crippen LogP contribution in [0.25, 0.3) is 49.7 Å². The van der Waals surface area contributed by atoms with Gasteiger partial charge in [0.25, 0.3) is 0 Å². The van der Waals surface area contributed by atoms with Crippen molar-refractivity contribution >= 4 is 32.8 Å². The van der Waals surface area contributed by atoms with Crippen LogP contribution in [-0.4, -0.2) is 33.7 Å². The molecule has 0 saturated carbocycles. The summed E-state index contributed by atoms with van der Waals surface area (Å²) in [5.41, 5.74) is 6.96. The number of aromatic amines is 1. The Kier molecular flexibility index (Phi) is 4.33. The van der Waals surface area contributed by atoms with Gasteiger partial charge in [-0.05, 0) is 72.5 Å². The molecule has 162 valence electrons. The average molecular weight is 434 g/mol. The lowest BCUT2D eigenvalue weighted by Crippen LogP contribution is -1.98. The van der Waals surface area contributed by atoms with Gasteiger partial charge in [-0.15, -0.1) is 0 Å². The zero-order valence-corrected chi connectivity index (χ0v) is 18.6. The van der Waals surface area contributed by atoms with Gasteiger partial charge in [0.15, 0.2) is 0 Å². The topological polar surface area (TPSA) is 65.0 Å². The molecule has 0 saturated heterocycles. The highest BCUT2D eigenvalue weighted by atomic mass is 16.5. The predicted molar refractivity (Wildman–Crippen MR) is 132 cm³/mol. The lowest BCUT2D eigenvalue weighted by atomic mass is 10.0. The van der Waals surface area contributed by atoms with Gasteiger partial charge in [-0.2, -0.15) is 0 Å². The first kappa shape index (κ1) is 19.4. The van der Waals surface area contributed by atoms with Crippen molar-refractivity contribution in [2.75, 3.05) is 14.2 Å². The Bertz CT molecular complexity index is 1640. The lowest BCUT2D eigenvalue weighted by Gasteiger charge is -2.13. The summed E-state index contributed by atoms with van der Waals surface area (Å²) in [6, 6.07) is 20.6. The largest absolute Gasteiger partial charge is 0.497 e. The molecule has 1 N–H and O–H groups in total.